The van der Waals surface area contributed by atoms with Crippen molar-refractivity contribution in [3.63, 3.8) is 0 Å². The highest BCUT2D eigenvalue weighted by Gasteiger charge is 2.36. The van der Waals surface area contributed by atoms with Crippen LogP contribution in [0.2, 0.25) is 0 Å². The van der Waals surface area contributed by atoms with E-state index < -0.39 is 11.4 Å². The van der Waals surface area contributed by atoms with Crippen molar-refractivity contribution in [1.82, 2.24) is 9.62 Å². The zero-order valence-electron chi connectivity index (χ0n) is 14.5. The number of ether oxygens (including phenoxy) is 1. The molecule has 5 nitrogen and oxygen atoms in total. The molecule has 22 heavy (non-hydrogen) atoms. The van der Waals surface area contributed by atoms with Crippen LogP contribution < -0.4 is 4.72 Å². The van der Waals surface area contributed by atoms with Gasteiger partial charge in [0.05, 0.1) is 12.6 Å². The fraction of sp³-hybridized carbons (Fsp3) is 0.812. The van der Waals surface area contributed by atoms with Crippen LogP contribution in [0.4, 0.5) is 4.79 Å². The van der Waals surface area contributed by atoms with Crippen LogP contribution in [-0.2, 0) is 16.1 Å². The third-order valence-corrected chi connectivity index (χ3v) is 5.50. The van der Waals surface area contributed by atoms with E-state index in [2.05, 4.69) is 25.1 Å². The number of nitrogens with zero attached hydrogens (tertiary/aromatic N) is 1. The zero-order chi connectivity index (χ0) is 17.0. The van der Waals surface area contributed by atoms with Crippen molar-refractivity contribution in [2.24, 2.45) is 0 Å². The van der Waals surface area contributed by atoms with Gasteiger partial charge in [-0.3, -0.25) is 0 Å². The SMILES string of the molecule is C=CC(CCOC(=O)N1CCCC1(C)C)N[S+]([O-])C(C)(C)C. The van der Waals surface area contributed by atoms with Gasteiger partial charge >= 0.3 is 6.09 Å². The van der Waals surface area contributed by atoms with Gasteiger partial charge in [0.2, 0.25) is 0 Å². The van der Waals surface area contributed by atoms with Crippen molar-refractivity contribution < 1.29 is 14.1 Å². The first kappa shape index (κ1) is 19.3. The van der Waals surface area contributed by atoms with E-state index in [1.54, 1.807) is 11.0 Å². The summed E-state index contributed by atoms with van der Waals surface area (Å²) in [6.45, 7) is 14.6. The third kappa shape index (κ3) is 5.48. The Labute approximate surface area is 137 Å². The van der Waals surface area contributed by atoms with E-state index in [0.717, 1.165) is 19.4 Å². The molecule has 1 rings (SSSR count). The summed E-state index contributed by atoms with van der Waals surface area (Å²) < 4.78 is 20.1. The summed E-state index contributed by atoms with van der Waals surface area (Å²) >= 11 is -1.17. The maximum atomic E-state index is 12.1. The molecule has 6 heteroatoms. The lowest BCUT2D eigenvalue weighted by molar-refractivity contribution is 0.0790. The highest BCUT2D eigenvalue weighted by molar-refractivity contribution is 7.90. The molecule has 1 N–H and O–H groups in total. The standard InChI is InChI=1S/C16H30N2O3S/c1-7-13(17-22(20)15(2,3)4)9-12-21-14(19)18-11-8-10-16(18,5)6/h7,13,17H,1,8-12H2,2-6H3. The molecule has 0 radical (unpaired) electrons. The number of amides is 1. The molecule has 0 bridgehead atoms. The van der Waals surface area contributed by atoms with Crippen molar-refractivity contribution in [3.05, 3.63) is 12.7 Å². The van der Waals surface area contributed by atoms with Crippen LogP contribution in [0.3, 0.4) is 0 Å². The molecule has 128 valence electrons. The summed E-state index contributed by atoms with van der Waals surface area (Å²) in [5.41, 5.74) is -0.124. The minimum absolute atomic E-state index is 0.124. The maximum absolute atomic E-state index is 12.1. The van der Waals surface area contributed by atoms with Gasteiger partial charge in [0.1, 0.15) is 4.75 Å². The number of rotatable bonds is 6. The van der Waals surface area contributed by atoms with E-state index in [-0.39, 0.29) is 29.0 Å². The van der Waals surface area contributed by atoms with Crippen LogP contribution >= 0.6 is 0 Å². The van der Waals surface area contributed by atoms with E-state index in [1.165, 1.54) is 0 Å². The number of likely N-dealkylation sites (tertiary alicyclic amines) is 1. The molecule has 0 saturated carbocycles. The molecule has 1 amide bonds. The number of hydrogen-bond donors (Lipinski definition) is 1. The van der Waals surface area contributed by atoms with Gasteiger partial charge in [-0.2, -0.15) is 0 Å². The minimum atomic E-state index is -1.17. The van der Waals surface area contributed by atoms with Gasteiger partial charge in [-0.25, -0.2) is 4.79 Å². The normalized spacial score (nSPS) is 20.5. The number of nitrogens with one attached hydrogen (secondary N) is 1. The summed E-state index contributed by atoms with van der Waals surface area (Å²) in [5, 5.41) is 0. The van der Waals surface area contributed by atoms with Crippen LogP contribution in [0.1, 0.15) is 53.9 Å². The van der Waals surface area contributed by atoms with Crippen molar-refractivity contribution in [1.29, 1.82) is 0 Å². The second-order valence-electron chi connectivity index (χ2n) is 7.31. The van der Waals surface area contributed by atoms with E-state index in [1.807, 2.05) is 20.8 Å². The van der Waals surface area contributed by atoms with Crippen molar-refractivity contribution in [3.8, 4) is 0 Å². The molecule has 1 aliphatic heterocycles. The first-order chi connectivity index (χ1) is 10.1. The smallest absolute Gasteiger partial charge is 0.410 e. The molecule has 1 heterocycles. The largest absolute Gasteiger partial charge is 0.598 e. The summed E-state index contributed by atoms with van der Waals surface area (Å²) in [7, 11) is 0. The zero-order valence-corrected chi connectivity index (χ0v) is 15.3. The number of carbonyl (C=O) groups excluding carboxylic acids is 1. The Kier molecular flexibility index (Phi) is 6.77. The Balaban J connectivity index is 2.38. The lowest BCUT2D eigenvalue weighted by atomic mass is 10.0. The fourth-order valence-electron chi connectivity index (χ4n) is 2.34. The summed E-state index contributed by atoms with van der Waals surface area (Å²) in [5.74, 6) is 0. The van der Waals surface area contributed by atoms with E-state index in [0.29, 0.717) is 6.42 Å². The predicted octanol–water partition coefficient (Wildman–Crippen LogP) is 2.99. The molecule has 0 aromatic rings. The predicted molar refractivity (Wildman–Crippen MR) is 91.0 cm³/mol. The summed E-state index contributed by atoms with van der Waals surface area (Å²) in [6.07, 6.45) is 4.03. The summed E-state index contributed by atoms with van der Waals surface area (Å²) in [4.78, 5) is 13.9. The molecule has 0 aromatic carbocycles. The Hall–Kier alpha value is -0.720. The van der Waals surface area contributed by atoms with E-state index >= 15 is 0 Å². The average Bonchev–Trinajstić information content (AvgIpc) is 2.75. The minimum Gasteiger partial charge on any atom is -0.598 e. The monoisotopic (exact) mass is 330 g/mol. The molecule has 1 aliphatic rings. The maximum Gasteiger partial charge on any atom is 0.410 e. The van der Waals surface area contributed by atoms with Gasteiger partial charge < -0.3 is 14.2 Å². The van der Waals surface area contributed by atoms with Gasteiger partial charge in [-0.15, -0.1) is 11.3 Å². The third-order valence-electron chi connectivity index (χ3n) is 3.87. The summed E-state index contributed by atoms with van der Waals surface area (Å²) in [6, 6.07) is -0.139. The average molecular weight is 330 g/mol. The molecule has 1 fully saturated rings. The van der Waals surface area contributed by atoms with Gasteiger partial charge in [0.25, 0.3) is 0 Å². The molecule has 1 saturated heterocycles. The van der Waals surface area contributed by atoms with Crippen LogP contribution in [-0.4, -0.2) is 45.0 Å². The Morgan fingerprint density at radius 1 is 1.55 bits per heavy atom. The van der Waals surface area contributed by atoms with Gasteiger partial charge in [0.15, 0.2) is 0 Å². The molecule has 0 aliphatic carbocycles. The van der Waals surface area contributed by atoms with Gasteiger partial charge in [-0.1, -0.05) is 6.08 Å². The van der Waals surface area contributed by atoms with Crippen molar-refractivity contribution >= 4 is 17.5 Å². The van der Waals surface area contributed by atoms with Crippen molar-refractivity contribution in [2.75, 3.05) is 13.2 Å². The molecule has 0 spiro atoms. The molecular formula is C16H30N2O3S. The highest BCUT2D eigenvalue weighted by atomic mass is 32.2. The lowest BCUT2D eigenvalue weighted by Crippen LogP contribution is -2.45. The first-order valence-corrected chi connectivity index (χ1v) is 8.98. The molecular weight excluding hydrogens is 300 g/mol. The number of hydrogen-bond acceptors (Lipinski definition) is 4. The lowest BCUT2D eigenvalue weighted by Gasteiger charge is -2.31. The van der Waals surface area contributed by atoms with E-state index in [4.69, 9.17) is 4.74 Å². The van der Waals surface area contributed by atoms with Gasteiger partial charge in [-0.05, 0) is 47.5 Å². The number of carbonyl (C=O) groups is 1. The highest BCUT2D eigenvalue weighted by Crippen LogP contribution is 2.28. The van der Waals surface area contributed by atoms with E-state index in [9.17, 15) is 9.35 Å². The van der Waals surface area contributed by atoms with Crippen molar-refractivity contribution in [2.45, 2.75) is 70.2 Å². The van der Waals surface area contributed by atoms with Crippen LogP contribution in [0, 0.1) is 0 Å². The second kappa shape index (κ2) is 7.70. The molecule has 0 aromatic heterocycles. The Morgan fingerprint density at radius 3 is 2.64 bits per heavy atom. The second-order valence-corrected chi connectivity index (χ2v) is 9.31. The molecule has 2 unspecified atom stereocenters. The van der Waals surface area contributed by atoms with Crippen LogP contribution in [0.5, 0.6) is 0 Å². The Bertz CT molecular complexity index is 393. The Morgan fingerprint density at radius 2 is 2.18 bits per heavy atom. The quantitative estimate of drug-likeness (QED) is 0.600. The fourth-order valence-corrected chi connectivity index (χ4v) is 3.18. The first-order valence-electron chi connectivity index (χ1n) is 7.83. The van der Waals surface area contributed by atoms with Crippen LogP contribution in [0.25, 0.3) is 0 Å². The van der Waals surface area contributed by atoms with Crippen LogP contribution in [0.15, 0.2) is 12.7 Å². The van der Waals surface area contributed by atoms with Gasteiger partial charge in [0, 0.05) is 29.9 Å². The molecule has 2 atom stereocenters. The topological polar surface area (TPSA) is 64.6 Å².